The summed E-state index contributed by atoms with van der Waals surface area (Å²) < 4.78 is 50.9. The van der Waals surface area contributed by atoms with E-state index in [1.54, 1.807) is 0 Å². The summed E-state index contributed by atoms with van der Waals surface area (Å²) in [5, 5.41) is 0. The Labute approximate surface area is 124 Å². The molecule has 0 amide bonds. The maximum absolute atomic E-state index is 12.1. The van der Waals surface area contributed by atoms with Crippen LogP contribution in [-0.2, 0) is 4.74 Å². The van der Waals surface area contributed by atoms with Crippen LogP contribution in [0.1, 0.15) is 19.8 Å². The van der Waals surface area contributed by atoms with Crippen molar-refractivity contribution in [1.82, 2.24) is 0 Å². The van der Waals surface area contributed by atoms with Gasteiger partial charge in [0.2, 0.25) is 0 Å². The first kappa shape index (κ1) is 17.1. The van der Waals surface area contributed by atoms with Gasteiger partial charge in [0.05, 0.1) is 11.1 Å². The van der Waals surface area contributed by atoms with Crippen molar-refractivity contribution < 1.29 is 27.4 Å². The number of ether oxygens (including phenoxy) is 3. The van der Waals surface area contributed by atoms with Gasteiger partial charge >= 0.3 is 6.36 Å². The number of alkyl halides is 3. The second kappa shape index (κ2) is 8.36. The molecule has 1 rings (SSSR count). The van der Waals surface area contributed by atoms with E-state index in [2.05, 4.69) is 27.6 Å². The fourth-order valence-electron chi connectivity index (χ4n) is 1.35. The summed E-state index contributed by atoms with van der Waals surface area (Å²) in [6, 6.07) is 4.04. The summed E-state index contributed by atoms with van der Waals surface area (Å²) in [4.78, 5) is 0. The smallest absolute Gasteiger partial charge is 0.491 e. The largest absolute Gasteiger partial charge is 0.573 e. The average molecular weight is 357 g/mol. The van der Waals surface area contributed by atoms with Crippen LogP contribution in [-0.4, -0.2) is 26.2 Å². The first-order valence-electron chi connectivity index (χ1n) is 6.18. The third kappa shape index (κ3) is 7.00. The lowest BCUT2D eigenvalue weighted by atomic mass is 10.3. The Hall–Kier alpha value is -0.950. The first-order chi connectivity index (χ1) is 9.42. The minimum absolute atomic E-state index is 0.180. The number of unbranched alkanes of at least 4 members (excludes halogenated alkanes) is 1. The molecule has 1 aromatic carbocycles. The second-order valence-electron chi connectivity index (χ2n) is 3.95. The van der Waals surface area contributed by atoms with E-state index in [1.807, 2.05) is 0 Å². The van der Waals surface area contributed by atoms with Gasteiger partial charge in [-0.2, -0.15) is 0 Å². The van der Waals surface area contributed by atoms with Crippen LogP contribution in [0.25, 0.3) is 0 Å². The maximum atomic E-state index is 12.1. The zero-order valence-corrected chi connectivity index (χ0v) is 12.6. The highest BCUT2D eigenvalue weighted by molar-refractivity contribution is 9.10. The molecule has 0 bridgehead atoms. The second-order valence-corrected chi connectivity index (χ2v) is 4.81. The van der Waals surface area contributed by atoms with Crippen molar-refractivity contribution in [2.24, 2.45) is 0 Å². The van der Waals surface area contributed by atoms with Crippen molar-refractivity contribution in [1.29, 1.82) is 0 Å². The third-order valence-corrected chi connectivity index (χ3v) is 2.89. The molecule has 3 nitrogen and oxygen atoms in total. The van der Waals surface area contributed by atoms with Gasteiger partial charge in [0.25, 0.3) is 0 Å². The molecule has 0 radical (unpaired) electrons. The van der Waals surface area contributed by atoms with Gasteiger partial charge in [-0.1, -0.05) is 13.3 Å². The molecule has 0 fully saturated rings. The summed E-state index contributed by atoms with van der Waals surface area (Å²) in [6.45, 7) is 3.54. The van der Waals surface area contributed by atoms with Gasteiger partial charge in [0.1, 0.15) is 18.1 Å². The van der Waals surface area contributed by atoms with Gasteiger partial charge in [-0.15, -0.1) is 13.2 Å². The van der Waals surface area contributed by atoms with Crippen LogP contribution in [0.4, 0.5) is 13.2 Å². The van der Waals surface area contributed by atoms with Crippen LogP contribution in [0.5, 0.6) is 11.5 Å². The highest BCUT2D eigenvalue weighted by Crippen LogP contribution is 2.33. The molecule has 0 aliphatic carbocycles. The van der Waals surface area contributed by atoms with Gasteiger partial charge in [-0.05, 0) is 40.5 Å². The van der Waals surface area contributed by atoms with E-state index in [4.69, 9.17) is 9.47 Å². The summed E-state index contributed by atoms with van der Waals surface area (Å²) >= 11 is 3.01. The molecular formula is C13H16BrF3O3. The molecule has 20 heavy (non-hydrogen) atoms. The van der Waals surface area contributed by atoms with Crippen LogP contribution < -0.4 is 9.47 Å². The average Bonchev–Trinajstić information content (AvgIpc) is 2.35. The van der Waals surface area contributed by atoms with Crippen LogP contribution in [0.2, 0.25) is 0 Å². The molecule has 0 spiro atoms. The summed E-state index contributed by atoms with van der Waals surface area (Å²) in [7, 11) is 0. The molecule has 1 aromatic rings. The Balaban J connectivity index is 2.39. The van der Waals surface area contributed by atoms with E-state index in [1.165, 1.54) is 18.2 Å². The lowest BCUT2D eigenvalue weighted by Gasteiger charge is -2.12. The Morgan fingerprint density at radius 1 is 1.15 bits per heavy atom. The minimum atomic E-state index is -4.71. The van der Waals surface area contributed by atoms with Crippen molar-refractivity contribution in [3.05, 3.63) is 22.7 Å². The van der Waals surface area contributed by atoms with Crippen molar-refractivity contribution in [2.75, 3.05) is 19.8 Å². The molecule has 0 atom stereocenters. The fourth-order valence-corrected chi connectivity index (χ4v) is 1.78. The molecule has 0 aromatic heterocycles. The summed E-state index contributed by atoms with van der Waals surface area (Å²) in [5.41, 5.74) is 0. The highest BCUT2D eigenvalue weighted by Gasteiger charge is 2.31. The zero-order chi connectivity index (χ0) is 15.0. The Bertz CT molecular complexity index is 410. The van der Waals surface area contributed by atoms with Crippen molar-refractivity contribution in [2.45, 2.75) is 26.1 Å². The molecule has 114 valence electrons. The molecule has 0 heterocycles. The van der Waals surface area contributed by atoms with E-state index < -0.39 is 6.36 Å². The molecule has 0 saturated carbocycles. The lowest BCUT2D eigenvalue weighted by molar-refractivity contribution is -0.274. The number of hydrogen-bond donors (Lipinski definition) is 0. The van der Waals surface area contributed by atoms with E-state index in [-0.39, 0.29) is 10.2 Å². The first-order valence-corrected chi connectivity index (χ1v) is 6.97. The van der Waals surface area contributed by atoms with Gasteiger partial charge in [-0.3, -0.25) is 0 Å². The van der Waals surface area contributed by atoms with Gasteiger partial charge in [0.15, 0.2) is 0 Å². The highest BCUT2D eigenvalue weighted by atomic mass is 79.9. The van der Waals surface area contributed by atoms with Gasteiger partial charge in [-0.25, -0.2) is 0 Å². The molecule has 0 aliphatic rings. The zero-order valence-electron chi connectivity index (χ0n) is 11.0. The Morgan fingerprint density at radius 3 is 2.50 bits per heavy atom. The summed E-state index contributed by atoms with van der Waals surface area (Å²) in [5.74, 6) is 0.148. The maximum Gasteiger partial charge on any atom is 0.573 e. The summed E-state index contributed by atoms with van der Waals surface area (Å²) in [6.07, 6.45) is -2.65. The van der Waals surface area contributed by atoms with Crippen molar-refractivity contribution in [3.63, 3.8) is 0 Å². The molecule has 0 saturated heterocycles. The quantitative estimate of drug-likeness (QED) is 0.640. The SMILES string of the molecule is CCCCOCCOc1ccc(OC(F)(F)F)c(Br)c1. The van der Waals surface area contributed by atoms with Crippen LogP contribution in [0.3, 0.4) is 0 Å². The van der Waals surface area contributed by atoms with Crippen molar-refractivity contribution >= 4 is 15.9 Å². The molecule has 0 unspecified atom stereocenters. The van der Waals surface area contributed by atoms with Gasteiger partial charge in [0, 0.05) is 6.61 Å². The topological polar surface area (TPSA) is 27.7 Å². The number of benzene rings is 1. The predicted octanol–water partition coefficient (Wildman–Crippen LogP) is 4.54. The fraction of sp³-hybridized carbons (Fsp3) is 0.538. The lowest BCUT2D eigenvalue weighted by Crippen LogP contribution is -2.17. The Kier molecular flexibility index (Phi) is 7.15. The normalized spacial score (nSPS) is 11.4. The molecule has 7 heteroatoms. The third-order valence-electron chi connectivity index (χ3n) is 2.27. The monoisotopic (exact) mass is 356 g/mol. The Morgan fingerprint density at radius 2 is 1.90 bits per heavy atom. The van der Waals surface area contributed by atoms with Crippen molar-refractivity contribution in [3.8, 4) is 11.5 Å². The standard InChI is InChI=1S/C13H16BrF3O3/c1-2-3-6-18-7-8-19-10-4-5-12(11(14)9-10)20-13(15,16)17/h4-5,9H,2-3,6-8H2,1H3. The number of halogens is 4. The van der Waals surface area contributed by atoms with E-state index in [0.717, 1.165) is 12.8 Å². The molecular weight excluding hydrogens is 341 g/mol. The molecule has 0 aliphatic heterocycles. The minimum Gasteiger partial charge on any atom is -0.491 e. The van der Waals surface area contributed by atoms with Crippen LogP contribution in [0.15, 0.2) is 22.7 Å². The van der Waals surface area contributed by atoms with Crippen LogP contribution >= 0.6 is 15.9 Å². The van der Waals surface area contributed by atoms with E-state index in [0.29, 0.717) is 25.6 Å². The predicted molar refractivity (Wildman–Crippen MR) is 72.0 cm³/mol. The number of hydrogen-bond acceptors (Lipinski definition) is 3. The van der Waals surface area contributed by atoms with E-state index in [9.17, 15) is 13.2 Å². The van der Waals surface area contributed by atoms with Gasteiger partial charge < -0.3 is 14.2 Å². The van der Waals surface area contributed by atoms with E-state index >= 15 is 0 Å². The van der Waals surface area contributed by atoms with Crippen LogP contribution in [0, 0.1) is 0 Å². The molecule has 0 N–H and O–H groups in total. The number of rotatable bonds is 8.